The van der Waals surface area contributed by atoms with E-state index in [1.54, 1.807) is 0 Å². The maximum atomic E-state index is 11.8. The summed E-state index contributed by atoms with van der Waals surface area (Å²) in [5.74, 6) is 0.159. The third-order valence-corrected chi connectivity index (χ3v) is 2.48. The molecule has 17 heavy (non-hydrogen) atoms. The molecule has 0 aliphatic heterocycles. The van der Waals surface area contributed by atoms with Crippen LogP contribution in [0.15, 0.2) is 30.3 Å². The number of carbonyl (C=O) groups is 1. The van der Waals surface area contributed by atoms with Gasteiger partial charge in [0.15, 0.2) is 0 Å². The van der Waals surface area contributed by atoms with Crippen LogP contribution in [0.2, 0.25) is 0 Å². The summed E-state index contributed by atoms with van der Waals surface area (Å²) in [5, 5.41) is 0. The molecular weight excluding hydrogens is 219 g/mol. The van der Waals surface area contributed by atoms with Crippen molar-refractivity contribution < 1.29 is 13.9 Å². The lowest BCUT2D eigenvalue weighted by atomic mass is 10.1. The molecule has 1 rings (SSSR count). The fourth-order valence-electron chi connectivity index (χ4n) is 1.49. The first-order valence-electron chi connectivity index (χ1n) is 6.02. The Kier molecular flexibility index (Phi) is 7.23. The van der Waals surface area contributed by atoms with Gasteiger partial charge in [-0.3, -0.25) is 9.18 Å². The van der Waals surface area contributed by atoms with Crippen LogP contribution in [0.25, 0.3) is 0 Å². The minimum Gasteiger partial charge on any atom is -0.376 e. The lowest BCUT2D eigenvalue weighted by Crippen LogP contribution is -2.04. The van der Waals surface area contributed by atoms with Crippen LogP contribution < -0.4 is 0 Å². The van der Waals surface area contributed by atoms with Gasteiger partial charge in [-0.05, 0) is 18.4 Å². The maximum absolute atomic E-state index is 11.8. The van der Waals surface area contributed by atoms with Gasteiger partial charge in [-0.2, -0.15) is 0 Å². The van der Waals surface area contributed by atoms with Gasteiger partial charge in [0.05, 0.1) is 19.9 Å². The summed E-state index contributed by atoms with van der Waals surface area (Å²) in [6.07, 6.45) is 2.03. The van der Waals surface area contributed by atoms with Crippen molar-refractivity contribution in [2.24, 2.45) is 0 Å². The van der Waals surface area contributed by atoms with Gasteiger partial charge in [-0.25, -0.2) is 0 Å². The highest BCUT2D eigenvalue weighted by Gasteiger charge is 2.01. The van der Waals surface area contributed by atoms with Crippen LogP contribution >= 0.6 is 0 Å². The Labute approximate surface area is 102 Å². The van der Waals surface area contributed by atoms with Crippen LogP contribution in [-0.2, 0) is 16.1 Å². The summed E-state index contributed by atoms with van der Waals surface area (Å²) in [4.78, 5) is 11.3. The van der Waals surface area contributed by atoms with E-state index in [4.69, 9.17) is 4.74 Å². The topological polar surface area (TPSA) is 26.3 Å². The van der Waals surface area contributed by atoms with Crippen LogP contribution in [0.1, 0.15) is 31.2 Å². The van der Waals surface area contributed by atoms with Gasteiger partial charge in [0.2, 0.25) is 0 Å². The molecular formula is C14H19FO2. The lowest BCUT2D eigenvalue weighted by Gasteiger charge is -2.03. The average Bonchev–Trinajstić information content (AvgIpc) is 2.36. The smallest absolute Gasteiger partial charge is 0.135 e. The van der Waals surface area contributed by atoms with Gasteiger partial charge in [-0.1, -0.05) is 30.3 Å². The second-order valence-electron chi connectivity index (χ2n) is 3.97. The second kappa shape index (κ2) is 8.88. The molecule has 0 fully saturated rings. The molecule has 0 aliphatic carbocycles. The van der Waals surface area contributed by atoms with Crippen molar-refractivity contribution in [2.75, 3.05) is 13.3 Å². The van der Waals surface area contributed by atoms with Crippen LogP contribution in [0.4, 0.5) is 4.39 Å². The van der Waals surface area contributed by atoms with E-state index in [1.807, 2.05) is 30.3 Å². The van der Waals surface area contributed by atoms with E-state index in [0.717, 1.165) is 5.56 Å². The monoisotopic (exact) mass is 238 g/mol. The number of ether oxygens (including phenoxy) is 1. The molecule has 0 amide bonds. The molecule has 0 aromatic heterocycles. The number of hydrogen-bond acceptors (Lipinski definition) is 2. The van der Waals surface area contributed by atoms with Crippen LogP contribution in [0, 0.1) is 0 Å². The quantitative estimate of drug-likeness (QED) is 0.617. The summed E-state index contributed by atoms with van der Waals surface area (Å²) in [6.45, 7) is 0.653. The number of ketones is 1. The van der Waals surface area contributed by atoms with Crippen molar-refractivity contribution in [1.82, 2.24) is 0 Å². The van der Waals surface area contributed by atoms with Crippen molar-refractivity contribution in [1.29, 1.82) is 0 Å². The standard InChI is InChI=1S/C14H19FO2/c15-10-5-4-8-14(16)9-11-17-12-13-6-2-1-3-7-13/h1-3,6-7H,4-5,8-12H2. The molecule has 1 aromatic rings. The average molecular weight is 238 g/mol. The van der Waals surface area contributed by atoms with Gasteiger partial charge < -0.3 is 4.74 Å². The maximum Gasteiger partial charge on any atom is 0.135 e. The molecule has 0 saturated heterocycles. The van der Waals surface area contributed by atoms with Gasteiger partial charge in [0.25, 0.3) is 0 Å². The Morgan fingerprint density at radius 1 is 1.12 bits per heavy atom. The number of benzene rings is 1. The molecule has 0 atom stereocenters. The second-order valence-corrected chi connectivity index (χ2v) is 3.97. The number of unbranched alkanes of at least 4 members (excludes halogenated alkanes) is 1. The van der Waals surface area contributed by atoms with E-state index in [-0.39, 0.29) is 12.5 Å². The zero-order chi connectivity index (χ0) is 12.3. The number of Topliss-reactive ketones (excluding diaryl/α,β-unsaturated/α-hetero) is 1. The molecule has 0 N–H and O–H groups in total. The van der Waals surface area contributed by atoms with E-state index in [2.05, 4.69) is 0 Å². The third kappa shape index (κ3) is 6.84. The summed E-state index contributed by atoms with van der Waals surface area (Å²) < 4.78 is 17.2. The van der Waals surface area contributed by atoms with Crippen molar-refractivity contribution >= 4 is 5.78 Å². The van der Waals surface area contributed by atoms with Gasteiger partial charge in [0, 0.05) is 12.8 Å². The highest BCUT2D eigenvalue weighted by molar-refractivity contribution is 5.78. The first kappa shape index (κ1) is 13.8. The van der Waals surface area contributed by atoms with E-state index in [9.17, 15) is 9.18 Å². The van der Waals surface area contributed by atoms with Crippen molar-refractivity contribution in [2.45, 2.75) is 32.3 Å². The molecule has 0 saturated carbocycles. The number of halogens is 1. The molecule has 0 unspecified atom stereocenters. The number of hydrogen-bond donors (Lipinski definition) is 0. The first-order chi connectivity index (χ1) is 8.33. The van der Waals surface area contributed by atoms with Gasteiger partial charge in [-0.15, -0.1) is 0 Å². The number of alkyl halides is 1. The molecule has 94 valence electrons. The van der Waals surface area contributed by atoms with Crippen LogP contribution in [0.5, 0.6) is 0 Å². The van der Waals surface area contributed by atoms with Crippen LogP contribution in [-0.4, -0.2) is 19.1 Å². The molecule has 0 radical (unpaired) electrons. The molecule has 2 nitrogen and oxygen atoms in total. The fraction of sp³-hybridized carbons (Fsp3) is 0.500. The zero-order valence-electron chi connectivity index (χ0n) is 10.0. The van der Waals surface area contributed by atoms with E-state index in [1.165, 1.54) is 0 Å². The van der Waals surface area contributed by atoms with Crippen molar-refractivity contribution in [3.05, 3.63) is 35.9 Å². The predicted molar refractivity (Wildman–Crippen MR) is 65.5 cm³/mol. The van der Waals surface area contributed by atoms with E-state index in [0.29, 0.717) is 38.9 Å². The highest BCUT2D eigenvalue weighted by atomic mass is 19.1. The summed E-state index contributed by atoms with van der Waals surface area (Å²) in [7, 11) is 0. The fourth-order valence-corrected chi connectivity index (χ4v) is 1.49. The zero-order valence-corrected chi connectivity index (χ0v) is 10.0. The Bertz CT molecular complexity index is 311. The Balaban J connectivity index is 2.02. The Morgan fingerprint density at radius 3 is 2.59 bits per heavy atom. The highest BCUT2D eigenvalue weighted by Crippen LogP contribution is 2.03. The van der Waals surface area contributed by atoms with Crippen LogP contribution in [0.3, 0.4) is 0 Å². The largest absolute Gasteiger partial charge is 0.376 e. The first-order valence-corrected chi connectivity index (χ1v) is 6.02. The lowest BCUT2D eigenvalue weighted by molar-refractivity contribution is -0.120. The number of rotatable bonds is 9. The molecule has 3 heteroatoms. The van der Waals surface area contributed by atoms with Gasteiger partial charge in [0.1, 0.15) is 5.78 Å². The summed E-state index contributed by atoms with van der Waals surface area (Å²) >= 11 is 0. The van der Waals surface area contributed by atoms with E-state index >= 15 is 0 Å². The predicted octanol–water partition coefficient (Wildman–Crippen LogP) is 3.30. The minimum atomic E-state index is -0.336. The van der Waals surface area contributed by atoms with E-state index < -0.39 is 0 Å². The number of carbonyl (C=O) groups excluding carboxylic acids is 1. The van der Waals surface area contributed by atoms with Gasteiger partial charge >= 0.3 is 0 Å². The third-order valence-electron chi connectivity index (χ3n) is 2.48. The summed E-state index contributed by atoms with van der Waals surface area (Å²) in [5.41, 5.74) is 1.11. The molecule has 1 aromatic carbocycles. The Hall–Kier alpha value is -1.22. The molecule has 0 heterocycles. The Morgan fingerprint density at radius 2 is 1.88 bits per heavy atom. The summed E-state index contributed by atoms with van der Waals surface area (Å²) in [6, 6.07) is 9.85. The molecule has 0 spiro atoms. The SMILES string of the molecule is O=C(CCCCF)CCOCc1ccccc1. The normalized spacial score (nSPS) is 10.4. The van der Waals surface area contributed by atoms with Crippen molar-refractivity contribution in [3.8, 4) is 0 Å². The molecule has 0 aliphatic rings. The molecule has 0 bridgehead atoms. The van der Waals surface area contributed by atoms with Crippen molar-refractivity contribution in [3.63, 3.8) is 0 Å². The minimum absolute atomic E-state index is 0.159.